The van der Waals surface area contributed by atoms with Crippen molar-refractivity contribution in [1.29, 1.82) is 0 Å². The lowest BCUT2D eigenvalue weighted by Gasteiger charge is -2.18. The number of para-hydroxylation sites is 1. The van der Waals surface area contributed by atoms with Crippen LogP contribution < -0.4 is 9.26 Å². The van der Waals surface area contributed by atoms with Crippen molar-refractivity contribution >= 4 is 14.3 Å². The second-order valence-electron chi connectivity index (χ2n) is 4.90. The van der Waals surface area contributed by atoms with Crippen LogP contribution in [0.25, 0.3) is 0 Å². The zero-order chi connectivity index (χ0) is 17.2. The summed E-state index contributed by atoms with van der Waals surface area (Å²) >= 11 is 0. The van der Waals surface area contributed by atoms with Crippen LogP contribution in [0.4, 0.5) is 0 Å². The predicted molar refractivity (Wildman–Crippen MR) is 93.2 cm³/mol. The SMILES string of the molecule is CCOC(=O)COP(COc1ccc(C)cc1)Oc1ccccc1. The molecule has 0 bridgehead atoms. The number of rotatable bonds is 9. The van der Waals surface area contributed by atoms with Crippen LogP contribution in [-0.4, -0.2) is 25.5 Å². The molecular weight excluding hydrogens is 327 g/mol. The first-order valence-electron chi connectivity index (χ1n) is 7.66. The number of benzene rings is 2. The zero-order valence-electron chi connectivity index (χ0n) is 13.8. The molecule has 2 aromatic rings. The molecule has 0 heterocycles. The fourth-order valence-electron chi connectivity index (χ4n) is 1.78. The topological polar surface area (TPSA) is 54.0 Å². The third-order valence-electron chi connectivity index (χ3n) is 2.94. The van der Waals surface area contributed by atoms with Gasteiger partial charge in [-0.1, -0.05) is 35.9 Å². The summed E-state index contributed by atoms with van der Waals surface area (Å²) in [6, 6.07) is 17.0. The van der Waals surface area contributed by atoms with Crippen molar-refractivity contribution in [3.05, 3.63) is 60.2 Å². The van der Waals surface area contributed by atoms with Crippen LogP contribution in [0.2, 0.25) is 0 Å². The standard InChI is InChI=1S/C18H21O5P/c1-3-20-18(19)13-22-24(23-17-7-5-4-6-8-17)14-21-16-11-9-15(2)10-12-16/h4-12H,3,13-14H2,1-2H3. The maximum atomic E-state index is 11.5. The Morgan fingerprint density at radius 3 is 2.38 bits per heavy atom. The van der Waals surface area contributed by atoms with Crippen molar-refractivity contribution in [2.45, 2.75) is 13.8 Å². The van der Waals surface area contributed by atoms with Crippen molar-refractivity contribution in [2.24, 2.45) is 0 Å². The molecule has 0 saturated heterocycles. The molecule has 2 aromatic carbocycles. The number of hydrogen-bond donors (Lipinski definition) is 0. The van der Waals surface area contributed by atoms with Gasteiger partial charge >= 0.3 is 5.97 Å². The van der Waals surface area contributed by atoms with E-state index in [9.17, 15) is 4.79 Å². The molecule has 24 heavy (non-hydrogen) atoms. The largest absolute Gasteiger partial charge is 0.483 e. The highest BCUT2D eigenvalue weighted by atomic mass is 31.2. The quantitative estimate of drug-likeness (QED) is 0.499. The van der Waals surface area contributed by atoms with Crippen molar-refractivity contribution in [1.82, 2.24) is 0 Å². The molecule has 0 aliphatic carbocycles. The van der Waals surface area contributed by atoms with E-state index in [1.54, 1.807) is 6.92 Å². The molecule has 0 amide bonds. The zero-order valence-corrected chi connectivity index (χ0v) is 14.7. The number of aryl methyl sites for hydroxylation is 1. The van der Waals surface area contributed by atoms with Gasteiger partial charge < -0.3 is 18.5 Å². The fraction of sp³-hybridized carbons (Fsp3) is 0.278. The minimum Gasteiger partial charge on any atom is -0.483 e. The summed E-state index contributed by atoms with van der Waals surface area (Å²) in [6.45, 7) is 3.92. The smallest absolute Gasteiger partial charge is 0.332 e. The van der Waals surface area contributed by atoms with Gasteiger partial charge in [0.25, 0.3) is 8.38 Å². The summed E-state index contributed by atoms with van der Waals surface area (Å²) in [5.74, 6) is 0.974. The summed E-state index contributed by atoms with van der Waals surface area (Å²) in [4.78, 5) is 11.5. The van der Waals surface area contributed by atoms with E-state index in [0.717, 1.165) is 11.3 Å². The molecule has 2 rings (SSSR count). The van der Waals surface area contributed by atoms with Gasteiger partial charge in [0, 0.05) is 0 Å². The highest BCUT2D eigenvalue weighted by Crippen LogP contribution is 2.39. The van der Waals surface area contributed by atoms with Gasteiger partial charge in [-0.05, 0) is 38.1 Å². The first kappa shape index (κ1) is 18.2. The summed E-state index contributed by atoms with van der Waals surface area (Å²) < 4.78 is 21.9. The Morgan fingerprint density at radius 1 is 1.00 bits per heavy atom. The normalized spacial score (nSPS) is 11.6. The van der Waals surface area contributed by atoms with Crippen LogP contribution in [0.15, 0.2) is 54.6 Å². The minimum atomic E-state index is -1.43. The highest BCUT2D eigenvalue weighted by Gasteiger charge is 2.17. The van der Waals surface area contributed by atoms with Crippen LogP contribution in [0.3, 0.4) is 0 Å². The van der Waals surface area contributed by atoms with Gasteiger partial charge in [-0.3, -0.25) is 0 Å². The van der Waals surface area contributed by atoms with Gasteiger partial charge in [0.2, 0.25) is 0 Å². The first-order chi connectivity index (χ1) is 11.7. The molecule has 0 radical (unpaired) electrons. The van der Waals surface area contributed by atoms with Gasteiger partial charge in [-0.25, -0.2) is 4.79 Å². The molecule has 1 atom stereocenters. The Kier molecular flexibility index (Phi) is 7.53. The maximum Gasteiger partial charge on any atom is 0.332 e. The van der Waals surface area contributed by atoms with Crippen molar-refractivity contribution in [3.8, 4) is 11.5 Å². The predicted octanol–water partition coefficient (Wildman–Crippen LogP) is 4.30. The van der Waals surface area contributed by atoms with Crippen LogP contribution in [-0.2, 0) is 14.1 Å². The summed E-state index contributed by atoms with van der Waals surface area (Å²) in [6.07, 6.45) is 0.215. The van der Waals surface area contributed by atoms with E-state index in [1.165, 1.54) is 0 Å². The van der Waals surface area contributed by atoms with Crippen molar-refractivity contribution in [3.63, 3.8) is 0 Å². The van der Waals surface area contributed by atoms with E-state index < -0.39 is 14.3 Å². The van der Waals surface area contributed by atoms with Crippen molar-refractivity contribution < 1.29 is 23.3 Å². The fourth-order valence-corrected chi connectivity index (χ4v) is 2.82. The maximum absolute atomic E-state index is 11.5. The number of carbonyl (C=O) groups excluding carboxylic acids is 1. The number of hydrogen-bond acceptors (Lipinski definition) is 5. The van der Waals surface area contributed by atoms with Gasteiger partial charge in [0.15, 0.2) is 13.0 Å². The summed E-state index contributed by atoms with van der Waals surface area (Å²) in [5.41, 5.74) is 1.16. The second-order valence-corrected chi connectivity index (χ2v) is 6.27. The Hall–Kier alpha value is -2.10. The highest BCUT2D eigenvalue weighted by molar-refractivity contribution is 7.47. The molecule has 0 N–H and O–H groups in total. The number of esters is 1. The number of ether oxygens (including phenoxy) is 2. The van der Waals surface area contributed by atoms with Crippen LogP contribution in [0.1, 0.15) is 12.5 Å². The Morgan fingerprint density at radius 2 is 1.71 bits per heavy atom. The lowest BCUT2D eigenvalue weighted by atomic mass is 10.2. The second kappa shape index (κ2) is 9.91. The van der Waals surface area contributed by atoms with Crippen molar-refractivity contribution in [2.75, 3.05) is 19.6 Å². The number of carbonyl (C=O) groups is 1. The molecule has 0 aromatic heterocycles. The lowest BCUT2D eigenvalue weighted by Crippen LogP contribution is -2.13. The van der Waals surface area contributed by atoms with Crippen LogP contribution in [0.5, 0.6) is 11.5 Å². The Bertz CT molecular complexity index is 615. The third kappa shape index (κ3) is 6.57. The molecule has 6 heteroatoms. The Labute approximate surface area is 143 Å². The molecule has 0 fully saturated rings. The molecule has 0 spiro atoms. The molecule has 0 saturated carbocycles. The van der Waals surface area contributed by atoms with E-state index in [-0.39, 0.29) is 13.0 Å². The van der Waals surface area contributed by atoms with E-state index in [1.807, 2.05) is 61.5 Å². The molecule has 0 aliphatic rings. The lowest BCUT2D eigenvalue weighted by molar-refractivity contribution is -0.145. The molecule has 1 unspecified atom stereocenters. The monoisotopic (exact) mass is 348 g/mol. The summed E-state index contributed by atoms with van der Waals surface area (Å²) in [5, 5.41) is 0. The van der Waals surface area contributed by atoms with Crippen LogP contribution >= 0.6 is 8.38 Å². The molecular formula is C18H21O5P. The third-order valence-corrected chi connectivity index (χ3v) is 4.11. The van der Waals surface area contributed by atoms with E-state index >= 15 is 0 Å². The minimum absolute atomic E-state index is 0.163. The molecule has 5 nitrogen and oxygen atoms in total. The molecule has 0 aliphatic heterocycles. The molecule has 128 valence electrons. The van der Waals surface area contributed by atoms with Gasteiger partial charge in [0.1, 0.15) is 11.5 Å². The van der Waals surface area contributed by atoms with Gasteiger partial charge in [0.05, 0.1) is 6.61 Å². The average molecular weight is 348 g/mol. The van der Waals surface area contributed by atoms with E-state index in [0.29, 0.717) is 12.4 Å². The van der Waals surface area contributed by atoms with Gasteiger partial charge in [-0.2, -0.15) is 0 Å². The first-order valence-corrected chi connectivity index (χ1v) is 9.02. The van der Waals surface area contributed by atoms with E-state index in [4.69, 9.17) is 18.5 Å². The van der Waals surface area contributed by atoms with Crippen LogP contribution in [0, 0.1) is 6.92 Å². The Balaban J connectivity index is 1.93. The van der Waals surface area contributed by atoms with Gasteiger partial charge in [-0.15, -0.1) is 0 Å². The summed E-state index contributed by atoms with van der Waals surface area (Å²) in [7, 11) is -1.43. The average Bonchev–Trinajstić information content (AvgIpc) is 2.60. The van der Waals surface area contributed by atoms with E-state index in [2.05, 4.69) is 0 Å².